The summed E-state index contributed by atoms with van der Waals surface area (Å²) in [6.45, 7) is 11.8. The van der Waals surface area contributed by atoms with Crippen molar-refractivity contribution in [1.29, 1.82) is 0 Å². The second-order valence-electron chi connectivity index (χ2n) is 7.08. The first-order valence-corrected chi connectivity index (χ1v) is 8.13. The summed E-state index contributed by atoms with van der Waals surface area (Å²) in [5, 5.41) is 1.83. The van der Waals surface area contributed by atoms with Crippen molar-refractivity contribution in [3.8, 4) is 0 Å². The molecule has 0 spiro atoms. The summed E-state index contributed by atoms with van der Waals surface area (Å²) >= 11 is 6.30. The molecular weight excluding hydrogens is 296 g/mol. The number of fused-ring (bicyclic) bond motifs is 1. The van der Waals surface area contributed by atoms with E-state index in [2.05, 4.69) is 32.7 Å². The van der Waals surface area contributed by atoms with Crippen LogP contribution in [0.5, 0.6) is 0 Å². The zero-order valence-electron chi connectivity index (χ0n) is 14.1. The molecule has 0 aliphatic rings. The molecule has 120 valence electrons. The molecular formula is C18H25ClN2O. The highest BCUT2D eigenvalue weighted by Gasteiger charge is 2.22. The second kappa shape index (κ2) is 6.33. The first-order valence-electron chi connectivity index (χ1n) is 7.75. The average Bonchev–Trinajstić information content (AvgIpc) is 2.89. The first kappa shape index (κ1) is 16.9. The van der Waals surface area contributed by atoms with Crippen molar-refractivity contribution in [2.75, 3.05) is 6.54 Å². The van der Waals surface area contributed by atoms with E-state index < -0.39 is 0 Å². The molecule has 0 unspecified atom stereocenters. The van der Waals surface area contributed by atoms with E-state index in [1.54, 1.807) is 0 Å². The maximum atomic E-state index is 12.3. The number of nitrogens with zero attached hydrogens (tertiary/aromatic N) is 1. The van der Waals surface area contributed by atoms with E-state index in [0.29, 0.717) is 13.0 Å². The minimum atomic E-state index is 0.0718. The largest absolute Gasteiger partial charge is 0.360 e. The highest BCUT2D eigenvalue weighted by Crippen LogP contribution is 2.30. The Balaban J connectivity index is 2.42. The van der Waals surface area contributed by atoms with Gasteiger partial charge >= 0.3 is 0 Å². The Morgan fingerprint density at radius 3 is 2.64 bits per heavy atom. The summed E-state index contributed by atoms with van der Waals surface area (Å²) in [5.74, 6) is 0.188. The van der Waals surface area contributed by atoms with Gasteiger partial charge in [0, 0.05) is 31.1 Å². The van der Waals surface area contributed by atoms with Gasteiger partial charge in [-0.15, -0.1) is 0 Å². The van der Waals surface area contributed by atoms with Crippen molar-refractivity contribution < 1.29 is 4.79 Å². The molecule has 0 aliphatic heterocycles. The highest BCUT2D eigenvalue weighted by atomic mass is 35.5. The third-order valence-corrected chi connectivity index (χ3v) is 4.10. The van der Waals surface area contributed by atoms with E-state index in [9.17, 15) is 4.79 Å². The number of rotatable bonds is 4. The van der Waals surface area contributed by atoms with E-state index in [0.717, 1.165) is 28.0 Å². The van der Waals surface area contributed by atoms with Crippen LogP contribution in [-0.4, -0.2) is 22.3 Å². The van der Waals surface area contributed by atoms with Crippen LogP contribution < -0.4 is 0 Å². The first-order chi connectivity index (χ1) is 10.2. The Morgan fingerprint density at radius 1 is 1.36 bits per heavy atom. The predicted molar refractivity (Wildman–Crippen MR) is 93.2 cm³/mol. The normalized spacial score (nSPS) is 11.9. The monoisotopic (exact) mass is 320 g/mol. The third-order valence-electron chi connectivity index (χ3n) is 3.80. The smallest absolute Gasteiger partial charge is 0.222 e. The molecule has 1 aromatic carbocycles. The summed E-state index contributed by atoms with van der Waals surface area (Å²) in [6, 6.07) is 4.01. The summed E-state index contributed by atoms with van der Waals surface area (Å²) in [5.41, 5.74) is 3.32. The molecule has 0 saturated heterocycles. The van der Waals surface area contributed by atoms with Gasteiger partial charge in [-0.25, -0.2) is 0 Å². The van der Waals surface area contributed by atoms with Gasteiger partial charge in [0.05, 0.1) is 10.5 Å². The fourth-order valence-corrected chi connectivity index (χ4v) is 3.13. The number of carbonyl (C=O) groups excluding carboxylic acids is 1. The molecule has 0 atom stereocenters. The van der Waals surface area contributed by atoms with Gasteiger partial charge < -0.3 is 9.88 Å². The quantitative estimate of drug-likeness (QED) is 0.853. The second-order valence-corrected chi connectivity index (χ2v) is 7.49. The van der Waals surface area contributed by atoms with Crippen LogP contribution in [0, 0.1) is 12.3 Å². The van der Waals surface area contributed by atoms with Gasteiger partial charge in [-0.1, -0.05) is 39.3 Å². The van der Waals surface area contributed by atoms with Crippen LogP contribution in [0.1, 0.15) is 45.2 Å². The number of halogens is 1. The fourth-order valence-electron chi connectivity index (χ4n) is 2.81. The Labute approximate surface area is 137 Å². The zero-order chi connectivity index (χ0) is 16.5. The van der Waals surface area contributed by atoms with Crippen LogP contribution in [0.2, 0.25) is 5.02 Å². The van der Waals surface area contributed by atoms with Gasteiger partial charge in [0.25, 0.3) is 0 Å². The Morgan fingerprint density at radius 2 is 2.05 bits per heavy atom. The van der Waals surface area contributed by atoms with Gasteiger partial charge in [-0.3, -0.25) is 4.79 Å². The third kappa shape index (κ3) is 3.64. The average molecular weight is 321 g/mol. The molecule has 22 heavy (non-hydrogen) atoms. The standard InChI is InChI=1S/C18H25ClN2O/c1-6-16(22)21(11-18(3,4)5)10-14-12(2)9-15(19)17-13(14)7-8-20-17/h7-9,20H,6,10-11H2,1-5H3. The summed E-state index contributed by atoms with van der Waals surface area (Å²) in [4.78, 5) is 17.5. The lowest BCUT2D eigenvalue weighted by molar-refractivity contribution is -0.132. The molecule has 4 heteroatoms. The van der Waals surface area contributed by atoms with Crippen molar-refractivity contribution in [2.24, 2.45) is 5.41 Å². The molecule has 0 radical (unpaired) electrons. The van der Waals surface area contributed by atoms with Crippen LogP contribution in [-0.2, 0) is 11.3 Å². The summed E-state index contributed by atoms with van der Waals surface area (Å²) in [6.07, 6.45) is 2.42. The van der Waals surface area contributed by atoms with Gasteiger partial charge in [0.15, 0.2) is 0 Å². The Bertz CT molecular complexity index is 682. The number of nitrogens with one attached hydrogen (secondary N) is 1. The van der Waals surface area contributed by atoms with E-state index in [-0.39, 0.29) is 11.3 Å². The molecule has 0 bridgehead atoms. The number of H-pyrrole nitrogens is 1. The lowest BCUT2D eigenvalue weighted by atomic mass is 9.95. The number of carbonyl (C=O) groups is 1. The molecule has 2 rings (SSSR count). The van der Waals surface area contributed by atoms with Gasteiger partial charge in [0.2, 0.25) is 5.91 Å². The summed E-state index contributed by atoms with van der Waals surface area (Å²) in [7, 11) is 0. The zero-order valence-corrected chi connectivity index (χ0v) is 14.8. The predicted octanol–water partition coefficient (Wildman–Crippen LogP) is 4.91. The van der Waals surface area contributed by atoms with Crippen LogP contribution in [0.3, 0.4) is 0 Å². The van der Waals surface area contributed by atoms with E-state index in [1.807, 2.05) is 30.2 Å². The number of amides is 1. The Kier molecular flexibility index (Phi) is 4.86. The lowest BCUT2D eigenvalue weighted by Crippen LogP contribution is -2.37. The molecule has 0 saturated carbocycles. The maximum absolute atomic E-state index is 12.3. The van der Waals surface area contributed by atoms with Crippen molar-refractivity contribution in [2.45, 2.75) is 47.6 Å². The molecule has 0 fully saturated rings. The van der Waals surface area contributed by atoms with Gasteiger partial charge in [-0.2, -0.15) is 0 Å². The number of hydrogen-bond acceptors (Lipinski definition) is 1. The minimum absolute atomic E-state index is 0.0718. The number of hydrogen-bond donors (Lipinski definition) is 1. The minimum Gasteiger partial charge on any atom is -0.360 e. The molecule has 1 aromatic heterocycles. The Hall–Kier alpha value is -1.48. The van der Waals surface area contributed by atoms with E-state index >= 15 is 0 Å². The fraction of sp³-hybridized carbons (Fsp3) is 0.500. The lowest BCUT2D eigenvalue weighted by Gasteiger charge is -2.30. The van der Waals surface area contributed by atoms with Gasteiger partial charge in [0.1, 0.15) is 0 Å². The van der Waals surface area contributed by atoms with Crippen LogP contribution in [0.4, 0.5) is 0 Å². The number of aryl methyl sites for hydroxylation is 1. The van der Waals surface area contributed by atoms with Crippen molar-refractivity contribution in [3.05, 3.63) is 34.5 Å². The van der Waals surface area contributed by atoms with E-state index in [1.165, 1.54) is 5.56 Å². The maximum Gasteiger partial charge on any atom is 0.222 e. The van der Waals surface area contributed by atoms with Gasteiger partial charge in [-0.05, 0) is 35.6 Å². The molecule has 0 aliphatic carbocycles. The number of aromatic amines is 1. The number of aromatic nitrogens is 1. The topological polar surface area (TPSA) is 36.1 Å². The molecule has 1 N–H and O–H groups in total. The van der Waals surface area contributed by atoms with Crippen LogP contribution in [0.15, 0.2) is 18.3 Å². The van der Waals surface area contributed by atoms with Crippen LogP contribution >= 0.6 is 11.6 Å². The van der Waals surface area contributed by atoms with Crippen molar-refractivity contribution in [1.82, 2.24) is 9.88 Å². The van der Waals surface area contributed by atoms with Crippen LogP contribution in [0.25, 0.3) is 10.9 Å². The molecule has 1 heterocycles. The highest BCUT2D eigenvalue weighted by molar-refractivity contribution is 6.35. The molecule has 2 aromatic rings. The van der Waals surface area contributed by atoms with Crippen molar-refractivity contribution in [3.63, 3.8) is 0 Å². The number of benzene rings is 1. The molecule has 3 nitrogen and oxygen atoms in total. The summed E-state index contributed by atoms with van der Waals surface area (Å²) < 4.78 is 0. The van der Waals surface area contributed by atoms with E-state index in [4.69, 9.17) is 11.6 Å². The SMILES string of the molecule is CCC(=O)N(Cc1c(C)cc(Cl)c2[nH]ccc12)CC(C)(C)C. The van der Waals surface area contributed by atoms with Crippen molar-refractivity contribution >= 4 is 28.4 Å². The molecule has 1 amide bonds.